The fourth-order valence-electron chi connectivity index (χ4n) is 2.73. The van der Waals surface area contributed by atoms with Gasteiger partial charge in [-0.25, -0.2) is 0 Å². The van der Waals surface area contributed by atoms with Crippen LogP contribution in [0.5, 0.6) is 0 Å². The maximum absolute atomic E-state index is 12.1. The van der Waals surface area contributed by atoms with E-state index in [1.165, 1.54) is 12.8 Å². The highest BCUT2D eigenvalue weighted by molar-refractivity contribution is 5.78. The van der Waals surface area contributed by atoms with Gasteiger partial charge < -0.3 is 10.6 Å². The fourth-order valence-corrected chi connectivity index (χ4v) is 2.73. The summed E-state index contributed by atoms with van der Waals surface area (Å²) in [7, 11) is 0. The first kappa shape index (κ1) is 17.4. The highest BCUT2D eigenvalue weighted by Gasteiger charge is 2.24. The third kappa shape index (κ3) is 6.71. The minimum atomic E-state index is 0.169. The highest BCUT2D eigenvalue weighted by atomic mass is 16.2. The van der Waals surface area contributed by atoms with Gasteiger partial charge >= 0.3 is 0 Å². The van der Waals surface area contributed by atoms with Gasteiger partial charge in [0.25, 0.3) is 0 Å². The van der Waals surface area contributed by atoms with Gasteiger partial charge in [0.15, 0.2) is 0 Å². The summed E-state index contributed by atoms with van der Waals surface area (Å²) >= 11 is 0. The Morgan fingerprint density at radius 3 is 2.65 bits per heavy atom. The zero-order chi connectivity index (χ0) is 15.1. The summed E-state index contributed by atoms with van der Waals surface area (Å²) in [6, 6.07) is 1.20. The van der Waals surface area contributed by atoms with Gasteiger partial charge in [-0.15, -0.1) is 0 Å². The fraction of sp³-hybridized carbons (Fsp3) is 0.938. The monoisotopic (exact) mass is 283 g/mol. The summed E-state index contributed by atoms with van der Waals surface area (Å²) in [4.78, 5) is 14.4. The molecule has 0 aliphatic carbocycles. The predicted molar refractivity (Wildman–Crippen MR) is 84.8 cm³/mol. The molecule has 1 amide bonds. The molecule has 118 valence electrons. The van der Waals surface area contributed by atoms with Crippen molar-refractivity contribution < 1.29 is 4.79 Å². The van der Waals surface area contributed by atoms with Crippen molar-refractivity contribution in [1.82, 2.24) is 15.5 Å². The molecule has 4 heteroatoms. The molecule has 2 N–H and O–H groups in total. The third-order valence-corrected chi connectivity index (χ3v) is 4.07. The Kier molecular flexibility index (Phi) is 7.52. The standard InChI is InChI=1S/C16H33N3O/c1-12(2)7-6-8-13(3)18-16(20)11-19-10-14(4)17-9-15(19)5/h12-15,17H,6-11H2,1-5H3,(H,18,20). The Hall–Kier alpha value is -0.610. The second kappa shape index (κ2) is 8.63. The van der Waals surface area contributed by atoms with Crippen LogP contribution in [0.4, 0.5) is 0 Å². The lowest BCUT2D eigenvalue weighted by atomic mass is 10.0. The molecule has 3 atom stereocenters. The molecule has 1 aliphatic rings. The summed E-state index contributed by atoms with van der Waals surface area (Å²) in [6.07, 6.45) is 3.52. The summed E-state index contributed by atoms with van der Waals surface area (Å²) < 4.78 is 0. The Morgan fingerprint density at radius 2 is 2.00 bits per heavy atom. The van der Waals surface area contributed by atoms with Crippen molar-refractivity contribution in [1.29, 1.82) is 0 Å². The first-order valence-corrected chi connectivity index (χ1v) is 8.15. The van der Waals surface area contributed by atoms with Crippen molar-refractivity contribution in [3.05, 3.63) is 0 Å². The maximum Gasteiger partial charge on any atom is 0.234 e. The summed E-state index contributed by atoms with van der Waals surface area (Å²) in [5.41, 5.74) is 0. The van der Waals surface area contributed by atoms with Gasteiger partial charge in [0, 0.05) is 31.2 Å². The molecule has 0 aromatic carbocycles. The zero-order valence-electron chi connectivity index (χ0n) is 13.9. The Balaban J connectivity index is 2.24. The van der Waals surface area contributed by atoms with Crippen LogP contribution in [0.2, 0.25) is 0 Å². The Labute approximate surface area is 124 Å². The lowest BCUT2D eigenvalue weighted by molar-refractivity contribution is -0.123. The number of rotatable bonds is 7. The largest absolute Gasteiger partial charge is 0.353 e. The lowest BCUT2D eigenvalue weighted by Crippen LogP contribution is -2.56. The maximum atomic E-state index is 12.1. The second-order valence-electron chi connectivity index (χ2n) is 6.88. The van der Waals surface area contributed by atoms with E-state index >= 15 is 0 Å². The number of hydrogen-bond donors (Lipinski definition) is 2. The summed E-state index contributed by atoms with van der Waals surface area (Å²) in [5.74, 6) is 0.920. The summed E-state index contributed by atoms with van der Waals surface area (Å²) in [6.45, 7) is 13.4. The minimum Gasteiger partial charge on any atom is -0.353 e. The average Bonchev–Trinajstić information content (AvgIpc) is 2.33. The van der Waals surface area contributed by atoms with E-state index in [1.807, 2.05) is 0 Å². The van der Waals surface area contributed by atoms with Crippen LogP contribution in [0.25, 0.3) is 0 Å². The normalized spacial score (nSPS) is 25.7. The number of amides is 1. The van der Waals surface area contributed by atoms with Crippen LogP contribution in [0.15, 0.2) is 0 Å². The van der Waals surface area contributed by atoms with Crippen LogP contribution in [-0.2, 0) is 4.79 Å². The molecule has 3 unspecified atom stereocenters. The number of nitrogens with one attached hydrogen (secondary N) is 2. The Morgan fingerprint density at radius 1 is 1.30 bits per heavy atom. The molecule has 1 fully saturated rings. The third-order valence-electron chi connectivity index (χ3n) is 4.07. The van der Waals surface area contributed by atoms with Gasteiger partial charge in [0.2, 0.25) is 5.91 Å². The van der Waals surface area contributed by atoms with Crippen molar-refractivity contribution >= 4 is 5.91 Å². The molecule has 0 aromatic rings. The van der Waals surface area contributed by atoms with Crippen LogP contribution < -0.4 is 10.6 Å². The van der Waals surface area contributed by atoms with Gasteiger partial charge in [-0.05, 0) is 33.1 Å². The molecule has 1 rings (SSSR count). The van der Waals surface area contributed by atoms with E-state index in [-0.39, 0.29) is 11.9 Å². The van der Waals surface area contributed by atoms with Crippen LogP contribution >= 0.6 is 0 Å². The topological polar surface area (TPSA) is 44.4 Å². The van der Waals surface area contributed by atoms with E-state index in [4.69, 9.17) is 0 Å². The van der Waals surface area contributed by atoms with E-state index in [2.05, 4.69) is 50.2 Å². The van der Waals surface area contributed by atoms with Crippen molar-refractivity contribution in [3.8, 4) is 0 Å². The van der Waals surface area contributed by atoms with Crippen molar-refractivity contribution in [2.24, 2.45) is 5.92 Å². The molecule has 1 saturated heterocycles. The molecule has 0 radical (unpaired) electrons. The van der Waals surface area contributed by atoms with E-state index in [9.17, 15) is 4.79 Å². The molecular formula is C16H33N3O. The van der Waals surface area contributed by atoms with Crippen LogP contribution in [-0.4, -0.2) is 48.6 Å². The number of hydrogen-bond acceptors (Lipinski definition) is 3. The average molecular weight is 283 g/mol. The van der Waals surface area contributed by atoms with E-state index in [0.717, 1.165) is 25.4 Å². The molecule has 0 bridgehead atoms. The molecule has 0 saturated carbocycles. The first-order chi connectivity index (χ1) is 9.38. The van der Waals surface area contributed by atoms with Gasteiger partial charge in [-0.3, -0.25) is 9.69 Å². The van der Waals surface area contributed by atoms with Crippen LogP contribution in [0, 0.1) is 5.92 Å². The second-order valence-corrected chi connectivity index (χ2v) is 6.88. The lowest BCUT2D eigenvalue weighted by Gasteiger charge is -2.37. The highest BCUT2D eigenvalue weighted by Crippen LogP contribution is 2.09. The number of piperazine rings is 1. The van der Waals surface area contributed by atoms with E-state index in [0.29, 0.717) is 18.6 Å². The number of carbonyl (C=O) groups excluding carboxylic acids is 1. The molecular weight excluding hydrogens is 250 g/mol. The van der Waals surface area contributed by atoms with Crippen LogP contribution in [0.1, 0.15) is 53.9 Å². The number of carbonyl (C=O) groups is 1. The molecule has 0 spiro atoms. The zero-order valence-corrected chi connectivity index (χ0v) is 13.9. The first-order valence-electron chi connectivity index (χ1n) is 8.15. The van der Waals surface area contributed by atoms with Gasteiger partial charge in [0.05, 0.1) is 6.54 Å². The van der Waals surface area contributed by atoms with E-state index < -0.39 is 0 Å². The predicted octanol–water partition coefficient (Wildman–Crippen LogP) is 2.00. The van der Waals surface area contributed by atoms with E-state index in [1.54, 1.807) is 0 Å². The molecule has 4 nitrogen and oxygen atoms in total. The van der Waals surface area contributed by atoms with Crippen molar-refractivity contribution in [3.63, 3.8) is 0 Å². The number of nitrogens with zero attached hydrogens (tertiary/aromatic N) is 1. The van der Waals surface area contributed by atoms with Gasteiger partial charge in [-0.1, -0.05) is 26.7 Å². The smallest absolute Gasteiger partial charge is 0.234 e. The summed E-state index contributed by atoms with van der Waals surface area (Å²) in [5, 5.41) is 6.58. The Bertz CT molecular complexity index is 293. The molecule has 1 heterocycles. The molecule has 1 aliphatic heterocycles. The minimum absolute atomic E-state index is 0.169. The SMILES string of the molecule is CC(C)CCCC(C)NC(=O)CN1CC(C)NCC1C. The van der Waals surface area contributed by atoms with Crippen LogP contribution in [0.3, 0.4) is 0 Å². The molecule has 0 aromatic heterocycles. The van der Waals surface area contributed by atoms with Gasteiger partial charge in [0.1, 0.15) is 0 Å². The van der Waals surface area contributed by atoms with Crippen molar-refractivity contribution in [2.45, 2.75) is 72.0 Å². The quantitative estimate of drug-likeness (QED) is 0.751. The van der Waals surface area contributed by atoms with Crippen molar-refractivity contribution in [2.75, 3.05) is 19.6 Å². The van der Waals surface area contributed by atoms with Gasteiger partial charge in [-0.2, -0.15) is 0 Å². The molecule has 20 heavy (non-hydrogen) atoms.